The fourth-order valence-corrected chi connectivity index (χ4v) is 5.33. The summed E-state index contributed by atoms with van der Waals surface area (Å²) in [6.07, 6.45) is 5.35. The summed E-state index contributed by atoms with van der Waals surface area (Å²) in [7, 11) is 0. The van der Waals surface area contributed by atoms with Gasteiger partial charge < -0.3 is 4.90 Å². The van der Waals surface area contributed by atoms with Crippen LogP contribution in [0.1, 0.15) is 56.4 Å². The smallest absolute Gasteiger partial charge is 0.262 e. The lowest BCUT2D eigenvalue weighted by molar-refractivity contribution is -0.132. The van der Waals surface area contributed by atoms with Gasteiger partial charge in [-0.05, 0) is 49.6 Å². The number of thioether (sulfide) groups is 1. The summed E-state index contributed by atoms with van der Waals surface area (Å²) in [6.45, 7) is 2.85. The molecule has 3 amide bonds. The van der Waals surface area contributed by atoms with Crippen LogP contribution in [-0.2, 0) is 10.5 Å². The summed E-state index contributed by atoms with van der Waals surface area (Å²) in [5, 5.41) is 0.686. The molecule has 0 N–H and O–H groups in total. The first-order valence-corrected chi connectivity index (χ1v) is 12.6. The van der Waals surface area contributed by atoms with Crippen molar-refractivity contribution in [3.05, 3.63) is 82.9 Å². The molecule has 4 heterocycles. The quantitative estimate of drug-likeness (QED) is 0.298. The van der Waals surface area contributed by atoms with Crippen LogP contribution in [-0.4, -0.2) is 62.1 Å². The average Bonchev–Trinajstić information content (AvgIpc) is 3.14. The summed E-state index contributed by atoms with van der Waals surface area (Å²) in [5.41, 5.74) is 3.61. The first-order valence-electron chi connectivity index (χ1n) is 11.6. The molecule has 0 radical (unpaired) electrons. The minimum atomic E-state index is -0.409. The number of likely N-dealkylation sites (tertiary alicyclic amines) is 1. The number of rotatable bonds is 6. The van der Waals surface area contributed by atoms with Gasteiger partial charge in [0.2, 0.25) is 5.91 Å². The van der Waals surface area contributed by atoms with E-state index >= 15 is 0 Å². The molecule has 1 aromatic carbocycles. The molecule has 1 atom stereocenters. The van der Waals surface area contributed by atoms with Gasteiger partial charge in [-0.2, -0.15) is 0 Å². The zero-order valence-corrected chi connectivity index (χ0v) is 20.2. The van der Waals surface area contributed by atoms with Crippen molar-refractivity contribution in [1.29, 1.82) is 0 Å². The summed E-state index contributed by atoms with van der Waals surface area (Å²) >= 11 is 1.54. The lowest BCUT2D eigenvalue weighted by Crippen LogP contribution is -2.46. The molecule has 2 aliphatic heterocycles. The van der Waals surface area contributed by atoms with Gasteiger partial charge in [-0.25, -0.2) is 9.97 Å². The average molecular weight is 488 g/mol. The molecule has 9 heteroatoms. The highest BCUT2D eigenvalue weighted by atomic mass is 32.2. The number of nitrogens with zero attached hydrogens (tertiary/aromatic N) is 5. The minimum absolute atomic E-state index is 0.0760. The van der Waals surface area contributed by atoms with E-state index in [4.69, 9.17) is 4.98 Å². The summed E-state index contributed by atoms with van der Waals surface area (Å²) in [4.78, 5) is 54.9. The van der Waals surface area contributed by atoms with Crippen LogP contribution < -0.4 is 0 Å². The molecule has 3 aromatic rings. The van der Waals surface area contributed by atoms with E-state index in [9.17, 15) is 14.4 Å². The Morgan fingerprint density at radius 3 is 2.51 bits per heavy atom. The lowest BCUT2D eigenvalue weighted by Gasteiger charge is -2.33. The SMILES string of the molecule is Cc1cnc(SCc2ccccn2)nc1C1CCCN(C(=O)CN2C(=O)c3ccccc3C2=O)C1. The van der Waals surface area contributed by atoms with E-state index in [0.717, 1.165) is 34.7 Å². The summed E-state index contributed by atoms with van der Waals surface area (Å²) < 4.78 is 0. The van der Waals surface area contributed by atoms with E-state index in [2.05, 4.69) is 9.97 Å². The molecule has 8 nitrogen and oxygen atoms in total. The number of imide groups is 1. The van der Waals surface area contributed by atoms with Crippen LogP contribution in [0.2, 0.25) is 0 Å². The van der Waals surface area contributed by atoms with E-state index < -0.39 is 11.8 Å². The van der Waals surface area contributed by atoms with Crippen LogP contribution >= 0.6 is 11.8 Å². The third-order valence-corrected chi connectivity index (χ3v) is 7.29. The molecule has 35 heavy (non-hydrogen) atoms. The second-order valence-corrected chi connectivity index (χ2v) is 9.69. The van der Waals surface area contributed by atoms with Crippen molar-refractivity contribution in [1.82, 2.24) is 24.8 Å². The van der Waals surface area contributed by atoms with Gasteiger partial charge in [-0.3, -0.25) is 24.3 Å². The number of piperidine rings is 1. The molecule has 2 aromatic heterocycles. The molecule has 1 saturated heterocycles. The Morgan fingerprint density at radius 1 is 1.06 bits per heavy atom. The van der Waals surface area contributed by atoms with Gasteiger partial charge in [0.15, 0.2) is 5.16 Å². The highest BCUT2D eigenvalue weighted by Crippen LogP contribution is 2.30. The third-order valence-electron chi connectivity index (χ3n) is 6.40. The van der Waals surface area contributed by atoms with Crippen LogP contribution in [0.4, 0.5) is 0 Å². The van der Waals surface area contributed by atoms with Crippen molar-refractivity contribution in [3.8, 4) is 0 Å². The Morgan fingerprint density at radius 2 is 1.80 bits per heavy atom. The predicted octanol–water partition coefficient (Wildman–Crippen LogP) is 3.47. The fourth-order valence-electron chi connectivity index (χ4n) is 4.59. The molecular weight excluding hydrogens is 462 g/mol. The number of benzene rings is 1. The zero-order chi connectivity index (χ0) is 24.4. The topological polar surface area (TPSA) is 96.4 Å². The number of aryl methyl sites for hydroxylation is 1. The highest BCUT2D eigenvalue weighted by Gasteiger charge is 2.38. The Kier molecular flexibility index (Phi) is 6.59. The molecule has 1 unspecified atom stereocenters. The molecule has 178 valence electrons. The van der Waals surface area contributed by atoms with Crippen LogP contribution in [0.3, 0.4) is 0 Å². The van der Waals surface area contributed by atoms with Crippen molar-refractivity contribution in [2.75, 3.05) is 19.6 Å². The largest absolute Gasteiger partial charge is 0.340 e. The number of carbonyl (C=O) groups is 3. The van der Waals surface area contributed by atoms with Crippen LogP contribution in [0.25, 0.3) is 0 Å². The normalized spacial score (nSPS) is 17.6. The number of pyridine rings is 1. The predicted molar refractivity (Wildman–Crippen MR) is 131 cm³/mol. The first kappa shape index (κ1) is 23.2. The van der Waals surface area contributed by atoms with Crippen LogP contribution in [0.15, 0.2) is 60.0 Å². The number of amides is 3. The number of hydrogen-bond acceptors (Lipinski definition) is 7. The Hall–Kier alpha value is -3.59. The van der Waals surface area contributed by atoms with Crippen molar-refractivity contribution in [3.63, 3.8) is 0 Å². The Bertz CT molecular complexity index is 1250. The van der Waals surface area contributed by atoms with Gasteiger partial charge in [-0.1, -0.05) is 30.0 Å². The van der Waals surface area contributed by atoms with E-state index in [1.165, 1.54) is 11.8 Å². The fraction of sp³-hybridized carbons (Fsp3) is 0.308. The molecule has 5 rings (SSSR count). The molecule has 2 aliphatic rings. The van der Waals surface area contributed by atoms with E-state index in [-0.39, 0.29) is 18.4 Å². The minimum Gasteiger partial charge on any atom is -0.340 e. The molecule has 0 spiro atoms. The van der Waals surface area contributed by atoms with Gasteiger partial charge in [0.1, 0.15) is 6.54 Å². The van der Waals surface area contributed by atoms with E-state index in [1.54, 1.807) is 35.4 Å². The van der Waals surface area contributed by atoms with Crippen molar-refractivity contribution in [2.24, 2.45) is 0 Å². The standard InChI is InChI=1S/C26H25N5O3S/c1-17-13-28-26(35-16-19-8-4-5-11-27-19)29-23(17)18-7-6-12-30(14-18)22(32)15-31-24(33)20-9-2-3-10-21(20)25(31)34/h2-5,8-11,13,18H,6-7,12,14-16H2,1H3. The number of aromatic nitrogens is 3. The summed E-state index contributed by atoms with van der Waals surface area (Å²) in [6, 6.07) is 12.5. The van der Waals surface area contributed by atoms with Crippen molar-refractivity contribution < 1.29 is 14.4 Å². The molecule has 1 fully saturated rings. The Labute approximate surface area is 207 Å². The summed E-state index contributed by atoms with van der Waals surface area (Å²) in [5.74, 6) is -0.283. The zero-order valence-electron chi connectivity index (χ0n) is 19.4. The van der Waals surface area contributed by atoms with Crippen molar-refractivity contribution >= 4 is 29.5 Å². The first-order chi connectivity index (χ1) is 17.0. The van der Waals surface area contributed by atoms with Crippen LogP contribution in [0.5, 0.6) is 0 Å². The maximum atomic E-state index is 13.1. The molecular formula is C26H25N5O3S. The van der Waals surface area contributed by atoms with E-state index in [1.807, 2.05) is 31.3 Å². The van der Waals surface area contributed by atoms with Gasteiger partial charge >= 0.3 is 0 Å². The number of fused-ring (bicyclic) bond motifs is 1. The Balaban J connectivity index is 1.25. The molecule has 0 saturated carbocycles. The lowest BCUT2D eigenvalue weighted by atomic mass is 9.92. The number of hydrogen-bond donors (Lipinski definition) is 0. The van der Waals surface area contributed by atoms with Gasteiger partial charge in [0, 0.05) is 37.2 Å². The number of carbonyl (C=O) groups excluding carboxylic acids is 3. The van der Waals surface area contributed by atoms with Gasteiger partial charge in [0.25, 0.3) is 11.8 Å². The molecule has 0 bridgehead atoms. The van der Waals surface area contributed by atoms with E-state index in [0.29, 0.717) is 35.1 Å². The van der Waals surface area contributed by atoms with Crippen LogP contribution in [0, 0.1) is 6.92 Å². The monoisotopic (exact) mass is 487 g/mol. The maximum Gasteiger partial charge on any atom is 0.262 e. The van der Waals surface area contributed by atoms with Gasteiger partial charge in [-0.15, -0.1) is 0 Å². The maximum absolute atomic E-state index is 13.1. The second kappa shape index (κ2) is 9.95. The molecule has 0 aliphatic carbocycles. The van der Waals surface area contributed by atoms with Crippen molar-refractivity contribution in [2.45, 2.75) is 36.6 Å². The second-order valence-electron chi connectivity index (χ2n) is 8.75. The third kappa shape index (κ3) is 4.81. The highest BCUT2D eigenvalue weighted by molar-refractivity contribution is 7.98. The van der Waals surface area contributed by atoms with Gasteiger partial charge in [0.05, 0.1) is 22.5 Å².